The van der Waals surface area contributed by atoms with E-state index >= 15 is 0 Å². The first kappa shape index (κ1) is 13.6. The largest absolute Gasteiger partial charge is 0.379 e. The predicted molar refractivity (Wildman–Crippen MR) is 89.7 cm³/mol. The van der Waals surface area contributed by atoms with Gasteiger partial charge in [-0.3, -0.25) is 4.98 Å². The molecule has 0 amide bonds. The fraction of sp³-hybridized carbons (Fsp3) is 0.211. The second-order valence-electron chi connectivity index (χ2n) is 5.60. The van der Waals surface area contributed by atoms with Crippen molar-refractivity contribution in [2.45, 2.75) is 27.3 Å². The van der Waals surface area contributed by atoms with Crippen molar-refractivity contribution in [3.63, 3.8) is 0 Å². The number of aromatic nitrogens is 1. The molecule has 0 atom stereocenters. The predicted octanol–water partition coefficient (Wildman–Crippen LogP) is 4.77. The molecule has 0 aliphatic carbocycles. The molecule has 2 nitrogen and oxygen atoms in total. The van der Waals surface area contributed by atoms with Crippen LogP contribution in [0.25, 0.3) is 10.9 Å². The normalized spacial score (nSPS) is 10.8. The minimum Gasteiger partial charge on any atom is -0.379 e. The molecule has 21 heavy (non-hydrogen) atoms. The number of benzene rings is 2. The Bertz CT molecular complexity index is 791. The van der Waals surface area contributed by atoms with Gasteiger partial charge in [0, 0.05) is 17.6 Å². The van der Waals surface area contributed by atoms with Gasteiger partial charge in [0.2, 0.25) is 0 Å². The topological polar surface area (TPSA) is 24.9 Å². The number of rotatable bonds is 3. The van der Waals surface area contributed by atoms with Gasteiger partial charge in [-0.2, -0.15) is 0 Å². The Morgan fingerprint density at radius 1 is 0.905 bits per heavy atom. The molecule has 0 saturated carbocycles. The van der Waals surface area contributed by atoms with Crippen LogP contribution in [0.3, 0.4) is 0 Å². The third kappa shape index (κ3) is 2.89. The van der Waals surface area contributed by atoms with Gasteiger partial charge in [-0.25, -0.2) is 0 Å². The maximum absolute atomic E-state index is 4.66. The third-order valence-electron chi connectivity index (χ3n) is 3.91. The highest BCUT2D eigenvalue weighted by atomic mass is 14.9. The third-order valence-corrected chi connectivity index (χ3v) is 3.91. The molecule has 0 radical (unpaired) electrons. The van der Waals surface area contributed by atoms with Crippen molar-refractivity contribution >= 4 is 16.6 Å². The van der Waals surface area contributed by atoms with Crippen LogP contribution < -0.4 is 5.32 Å². The summed E-state index contributed by atoms with van der Waals surface area (Å²) in [6.45, 7) is 7.14. The smallest absolute Gasteiger partial charge is 0.0936 e. The van der Waals surface area contributed by atoms with Gasteiger partial charge < -0.3 is 5.32 Å². The molecule has 3 rings (SSSR count). The van der Waals surface area contributed by atoms with Crippen LogP contribution in [-0.4, -0.2) is 4.98 Å². The monoisotopic (exact) mass is 276 g/mol. The van der Waals surface area contributed by atoms with Crippen LogP contribution in [0.1, 0.15) is 22.4 Å². The summed E-state index contributed by atoms with van der Waals surface area (Å²) in [5, 5.41) is 4.69. The highest BCUT2D eigenvalue weighted by Gasteiger charge is 2.03. The van der Waals surface area contributed by atoms with Crippen molar-refractivity contribution in [1.29, 1.82) is 0 Å². The molecular weight excluding hydrogens is 256 g/mol. The van der Waals surface area contributed by atoms with Crippen molar-refractivity contribution in [3.8, 4) is 0 Å². The molecule has 106 valence electrons. The van der Waals surface area contributed by atoms with Crippen LogP contribution in [0.4, 0.5) is 5.69 Å². The van der Waals surface area contributed by atoms with Gasteiger partial charge in [0.15, 0.2) is 0 Å². The number of hydrogen-bond donors (Lipinski definition) is 1. The van der Waals surface area contributed by atoms with Crippen molar-refractivity contribution in [2.75, 3.05) is 5.32 Å². The molecule has 2 aromatic carbocycles. The average molecular weight is 276 g/mol. The molecule has 0 spiro atoms. The second kappa shape index (κ2) is 5.57. The van der Waals surface area contributed by atoms with Crippen LogP contribution in [0, 0.1) is 20.8 Å². The molecule has 1 heterocycles. The van der Waals surface area contributed by atoms with Crippen molar-refractivity contribution in [1.82, 2.24) is 4.98 Å². The van der Waals surface area contributed by atoms with Crippen molar-refractivity contribution < 1.29 is 0 Å². The van der Waals surface area contributed by atoms with Gasteiger partial charge in [-0.05, 0) is 49.6 Å². The summed E-state index contributed by atoms with van der Waals surface area (Å²) in [7, 11) is 0. The number of para-hydroxylation sites is 1. The molecule has 3 aromatic rings. The van der Waals surface area contributed by atoms with Gasteiger partial charge in [0.1, 0.15) is 0 Å². The Morgan fingerprint density at radius 3 is 2.57 bits per heavy atom. The average Bonchev–Trinajstić information content (AvgIpc) is 2.48. The molecular formula is C19H20N2. The summed E-state index contributed by atoms with van der Waals surface area (Å²) in [5.41, 5.74) is 7.14. The SMILES string of the molecule is Cc1ccc2cccc(NCc3ccc(C)c(C)c3)c2n1. The van der Waals surface area contributed by atoms with Crippen molar-refractivity contribution in [3.05, 3.63) is 70.9 Å². The van der Waals surface area contributed by atoms with E-state index in [4.69, 9.17) is 0 Å². The number of aryl methyl sites for hydroxylation is 3. The standard InChI is InChI=1S/C19H20N2/c1-13-7-9-16(11-14(13)2)12-20-18-6-4-5-17-10-8-15(3)21-19(17)18/h4-11,20H,12H2,1-3H3. The highest BCUT2D eigenvalue weighted by Crippen LogP contribution is 2.22. The van der Waals surface area contributed by atoms with E-state index in [1.54, 1.807) is 0 Å². The lowest BCUT2D eigenvalue weighted by Gasteiger charge is -2.11. The Hall–Kier alpha value is -2.35. The first-order valence-electron chi connectivity index (χ1n) is 7.30. The fourth-order valence-corrected chi connectivity index (χ4v) is 2.50. The zero-order valence-corrected chi connectivity index (χ0v) is 12.8. The maximum atomic E-state index is 4.66. The summed E-state index contributed by atoms with van der Waals surface area (Å²) in [4.78, 5) is 4.66. The van der Waals surface area contributed by atoms with E-state index in [0.29, 0.717) is 0 Å². The molecule has 2 heteroatoms. The Labute approximate surface area is 125 Å². The van der Waals surface area contributed by atoms with E-state index in [9.17, 15) is 0 Å². The van der Waals surface area contributed by atoms with Crippen LogP contribution in [0.5, 0.6) is 0 Å². The first-order valence-corrected chi connectivity index (χ1v) is 7.30. The minimum absolute atomic E-state index is 0.815. The highest BCUT2D eigenvalue weighted by molar-refractivity contribution is 5.90. The minimum atomic E-state index is 0.815. The van der Waals surface area contributed by atoms with E-state index in [-0.39, 0.29) is 0 Å². The van der Waals surface area contributed by atoms with Gasteiger partial charge in [-0.1, -0.05) is 36.4 Å². The zero-order valence-electron chi connectivity index (χ0n) is 12.8. The summed E-state index contributed by atoms with van der Waals surface area (Å²) in [6.07, 6.45) is 0. The number of hydrogen-bond acceptors (Lipinski definition) is 2. The molecule has 1 aromatic heterocycles. The molecule has 0 saturated heterocycles. The zero-order chi connectivity index (χ0) is 14.8. The van der Waals surface area contributed by atoms with E-state index in [1.165, 1.54) is 22.1 Å². The fourth-order valence-electron chi connectivity index (χ4n) is 2.50. The lowest BCUT2D eigenvalue weighted by atomic mass is 10.1. The van der Waals surface area contributed by atoms with Crippen LogP contribution in [0.2, 0.25) is 0 Å². The molecule has 0 aliphatic rings. The van der Waals surface area contributed by atoms with E-state index in [2.05, 4.69) is 72.7 Å². The lowest BCUT2D eigenvalue weighted by molar-refractivity contribution is 1.13. The second-order valence-corrected chi connectivity index (χ2v) is 5.60. The molecule has 0 aliphatic heterocycles. The van der Waals surface area contributed by atoms with Gasteiger partial charge in [-0.15, -0.1) is 0 Å². The maximum Gasteiger partial charge on any atom is 0.0936 e. The van der Waals surface area contributed by atoms with Gasteiger partial charge >= 0.3 is 0 Å². The van der Waals surface area contributed by atoms with Crippen LogP contribution in [0.15, 0.2) is 48.5 Å². The summed E-state index contributed by atoms with van der Waals surface area (Å²) < 4.78 is 0. The number of nitrogens with zero attached hydrogens (tertiary/aromatic N) is 1. The van der Waals surface area contributed by atoms with E-state index in [0.717, 1.165) is 23.4 Å². The van der Waals surface area contributed by atoms with Crippen molar-refractivity contribution in [2.24, 2.45) is 0 Å². The molecule has 1 N–H and O–H groups in total. The Kier molecular flexibility index (Phi) is 3.61. The van der Waals surface area contributed by atoms with Gasteiger partial charge in [0.05, 0.1) is 11.2 Å². The number of fused-ring (bicyclic) bond motifs is 1. The summed E-state index contributed by atoms with van der Waals surface area (Å²) in [5.74, 6) is 0. The van der Waals surface area contributed by atoms with Crippen LogP contribution in [-0.2, 0) is 6.54 Å². The first-order chi connectivity index (χ1) is 10.1. The van der Waals surface area contributed by atoms with Crippen LogP contribution >= 0.6 is 0 Å². The number of nitrogens with one attached hydrogen (secondary N) is 1. The van der Waals surface area contributed by atoms with E-state index in [1.807, 2.05) is 6.92 Å². The Balaban J connectivity index is 1.88. The van der Waals surface area contributed by atoms with Gasteiger partial charge in [0.25, 0.3) is 0 Å². The Morgan fingerprint density at radius 2 is 1.76 bits per heavy atom. The number of pyridine rings is 1. The lowest BCUT2D eigenvalue weighted by Crippen LogP contribution is -2.01. The molecule has 0 unspecified atom stereocenters. The molecule has 0 fully saturated rings. The summed E-state index contributed by atoms with van der Waals surface area (Å²) in [6, 6.07) is 17.0. The van der Waals surface area contributed by atoms with E-state index < -0.39 is 0 Å². The quantitative estimate of drug-likeness (QED) is 0.745. The molecule has 0 bridgehead atoms. The number of anilines is 1. The summed E-state index contributed by atoms with van der Waals surface area (Å²) >= 11 is 0.